The number of hydrogen-bond acceptors (Lipinski definition) is 6. The summed E-state index contributed by atoms with van der Waals surface area (Å²) in [6, 6.07) is 1.75. The minimum absolute atomic E-state index is 0.00696. The summed E-state index contributed by atoms with van der Waals surface area (Å²) in [7, 11) is -3.29. The van der Waals surface area contributed by atoms with E-state index in [-0.39, 0.29) is 12.3 Å². The molecule has 0 unspecified atom stereocenters. The predicted octanol–water partition coefficient (Wildman–Crippen LogP) is 1.06. The quantitative estimate of drug-likeness (QED) is 0.656. The van der Waals surface area contributed by atoms with E-state index in [2.05, 4.69) is 38.0 Å². The number of aromatic nitrogens is 3. The molecule has 3 rings (SSSR count). The lowest BCUT2D eigenvalue weighted by molar-refractivity contribution is 0.0731. The van der Waals surface area contributed by atoms with Gasteiger partial charge in [0, 0.05) is 19.6 Å². The van der Waals surface area contributed by atoms with Gasteiger partial charge in [0.2, 0.25) is 10.0 Å². The number of fused-ring (bicyclic) bond motifs is 1. The zero-order valence-electron chi connectivity index (χ0n) is 12.1. The van der Waals surface area contributed by atoms with Crippen LogP contribution in [0, 0.1) is 3.70 Å². The summed E-state index contributed by atoms with van der Waals surface area (Å²) in [5, 5.41) is 7.64. The van der Waals surface area contributed by atoms with Crippen molar-refractivity contribution >= 4 is 55.5 Å². The van der Waals surface area contributed by atoms with Gasteiger partial charge in [0.1, 0.15) is 3.70 Å². The second kappa shape index (κ2) is 7.05. The second-order valence-electron chi connectivity index (χ2n) is 4.93. The summed E-state index contributed by atoms with van der Waals surface area (Å²) >= 11 is 8.07. The van der Waals surface area contributed by atoms with Crippen LogP contribution in [0.3, 0.4) is 0 Å². The molecule has 2 aromatic rings. The highest BCUT2D eigenvalue weighted by Crippen LogP contribution is 2.23. The van der Waals surface area contributed by atoms with E-state index < -0.39 is 10.0 Å². The molecule has 0 amide bonds. The number of nitrogens with zero attached hydrogens (tertiary/aromatic N) is 4. The molecular weight excluding hydrogens is 457 g/mol. The van der Waals surface area contributed by atoms with Crippen LogP contribution in [0.2, 0.25) is 5.15 Å². The van der Waals surface area contributed by atoms with Gasteiger partial charge in [0.15, 0.2) is 10.8 Å². The van der Waals surface area contributed by atoms with E-state index in [1.807, 2.05) is 0 Å². The van der Waals surface area contributed by atoms with Crippen molar-refractivity contribution in [1.82, 2.24) is 18.9 Å². The summed E-state index contributed by atoms with van der Waals surface area (Å²) in [5.74, 6) is 0.00696. The van der Waals surface area contributed by atoms with Gasteiger partial charge in [-0.25, -0.2) is 17.9 Å². The van der Waals surface area contributed by atoms with Crippen LogP contribution in [0.1, 0.15) is 0 Å². The molecule has 11 heteroatoms. The van der Waals surface area contributed by atoms with Gasteiger partial charge in [0.25, 0.3) is 0 Å². The molecule has 1 aliphatic rings. The normalized spacial score (nSPS) is 16.8. The van der Waals surface area contributed by atoms with Crippen LogP contribution in [0.4, 0.5) is 5.69 Å². The molecule has 0 radical (unpaired) electrons. The van der Waals surface area contributed by atoms with Crippen molar-refractivity contribution in [2.24, 2.45) is 0 Å². The van der Waals surface area contributed by atoms with E-state index in [9.17, 15) is 8.42 Å². The fourth-order valence-corrected chi connectivity index (χ4v) is 4.26. The van der Waals surface area contributed by atoms with Crippen LogP contribution in [0.5, 0.6) is 0 Å². The monoisotopic (exact) mass is 471 g/mol. The van der Waals surface area contributed by atoms with Crippen LogP contribution in [0.25, 0.3) is 5.65 Å². The molecule has 0 saturated carbocycles. The molecule has 1 N–H and O–H groups in total. The Morgan fingerprint density at radius 1 is 1.39 bits per heavy atom. The van der Waals surface area contributed by atoms with Gasteiger partial charge in [0.05, 0.1) is 30.9 Å². The van der Waals surface area contributed by atoms with E-state index in [0.717, 1.165) is 0 Å². The predicted molar refractivity (Wildman–Crippen MR) is 95.4 cm³/mol. The van der Waals surface area contributed by atoms with Gasteiger partial charge in [-0.1, -0.05) is 11.6 Å². The maximum Gasteiger partial charge on any atom is 0.215 e. The van der Waals surface area contributed by atoms with Crippen LogP contribution < -0.4 is 5.32 Å². The fourth-order valence-electron chi connectivity index (χ4n) is 2.30. The van der Waals surface area contributed by atoms with Crippen LogP contribution in [0.15, 0.2) is 12.3 Å². The fraction of sp³-hybridized carbons (Fsp3) is 0.500. The minimum Gasteiger partial charge on any atom is -0.381 e. The molecule has 1 fully saturated rings. The lowest BCUT2D eigenvalue weighted by atomic mass is 10.4. The first-order valence-electron chi connectivity index (χ1n) is 6.97. The Bertz CT molecular complexity index is 806. The van der Waals surface area contributed by atoms with Gasteiger partial charge in [-0.05, 0) is 28.7 Å². The van der Waals surface area contributed by atoms with Crippen molar-refractivity contribution in [3.8, 4) is 0 Å². The minimum atomic E-state index is -3.29. The highest BCUT2D eigenvalue weighted by atomic mass is 127. The van der Waals surface area contributed by atoms with Crippen LogP contribution in [-0.4, -0.2) is 65.9 Å². The topological polar surface area (TPSA) is 88.8 Å². The van der Waals surface area contributed by atoms with Crippen LogP contribution >= 0.6 is 34.2 Å². The molecule has 2 aromatic heterocycles. The number of imidazole rings is 1. The first kappa shape index (κ1) is 17.1. The lowest BCUT2D eigenvalue weighted by Crippen LogP contribution is -2.42. The molecule has 1 aliphatic heterocycles. The van der Waals surface area contributed by atoms with E-state index >= 15 is 0 Å². The van der Waals surface area contributed by atoms with E-state index in [1.165, 1.54) is 4.31 Å². The SMILES string of the molecule is O=S(=O)(CCNc1ccnn2c(I)c(Cl)nc12)N1CCOCC1. The molecule has 0 spiro atoms. The Labute approximate surface area is 152 Å². The Balaban J connectivity index is 1.68. The number of hydrogen-bond donors (Lipinski definition) is 1. The number of nitrogens with one attached hydrogen (secondary N) is 1. The molecule has 1 saturated heterocycles. The largest absolute Gasteiger partial charge is 0.381 e. The average Bonchev–Trinajstić information content (AvgIpc) is 2.84. The number of halogens is 2. The standard InChI is InChI=1S/C12H15ClIN5O3S/c13-10-11(14)19-12(17-10)9(1-2-16-19)15-3-8-23(20,21)18-4-6-22-7-5-18/h1-2,15H,3-8H2. The summed E-state index contributed by atoms with van der Waals surface area (Å²) in [4.78, 5) is 4.24. The first-order chi connectivity index (χ1) is 11.0. The van der Waals surface area contributed by atoms with Crippen molar-refractivity contribution in [3.63, 3.8) is 0 Å². The maximum atomic E-state index is 12.3. The highest BCUT2D eigenvalue weighted by Gasteiger charge is 2.23. The van der Waals surface area contributed by atoms with Crippen molar-refractivity contribution < 1.29 is 13.2 Å². The summed E-state index contributed by atoms with van der Waals surface area (Å²) in [6.45, 7) is 2.00. The smallest absolute Gasteiger partial charge is 0.215 e. The molecular formula is C12H15ClIN5O3S. The van der Waals surface area contributed by atoms with Crippen molar-refractivity contribution in [2.45, 2.75) is 0 Å². The summed E-state index contributed by atoms with van der Waals surface area (Å²) < 4.78 is 33.5. The molecule has 8 nitrogen and oxygen atoms in total. The molecule has 23 heavy (non-hydrogen) atoms. The van der Waals surface area contributed by atoms with Gasteiger partial charge < -0.3 is 10.1 Å². The van der Waals surface area contributed by atoms with E-state index in [1.54, 1.807) is 16.8 Å². The van der Waals surface area contributed by atoms with Gasteiger partial charge in [-0.2, -0.15) is 9.40 Å². The average molecular weight is 472 g/mol. The van der Waals surface area contributed by atoms with E-state index in [0.29, 0.717) is 46.5 Å². The number of sulfonamides is 1. The Hall–Kier alpha value is -0.690. The third-order valence-corrected chi connectivity index (χ3v) is 6.89. The number of ether oxygens (including phenoxy) is 1. The zero-order valence-corrected chi connectivity index (χ0v) is 15.8. The Morgan fingerprint density at radius 3 is 2.87 bits per heavy atom. The van der Waals surface area contributed by atoms with Gasteiger partial charge >= 0.3 is 0 Å². The van der Waals surface area contributed by atoms with Crippen molar-refractivity contribution in [1.29, 1.82) is 0 Å². The molecule has 126 valence electrons. The lowest BCUT2D eigenvalue weighted by Gasteiger charge is -2.26. The van der Waals surface area contributed by atoms with Gasteiger partial charge in [-0.15, -0.1) is 0 Å². The zero-order chi connectivity index (χ0) is 16.4. The van der Waals surface area contributed by atoms with Crippen LogP contribution in [-0.2, 0) is 14.8 Å². The van der Waals surface area contributed by atoms with E-state index in [4.69, 9.17) is 16.3 Å². The summed E-state index contributed by atoms with van der Waals surface area (Å²) in [5.41, 5.74) is 1.27. The molecule has 0 aromatic carbocycles. The molecule has 0 aliphatic carbocycles. The highest BCUT2D eigenvalue weighted by molar-refractivity contribution is 14.1. The number of rotatable bonds is 5. The third-order valence-electron chi connectivity index (χ3n) is 3.46. The maximum absolute atomic E-state index is 12.3. The first-order valence-corrected chi connectivity index (χ1v) is 10.0. The van der Waals surface area contributed by atoms with Gasteiger partial charge in [-0.3, -0.25) is 0 Å². The molecule has 3 heterocycles. The Morgan fingerprint density at radius 2 is 2.13 bits per heavy atom. The van der Waals surface area contributed by atoms with Crippen molar-refractivity contribution in [2.75, 3.05) is 43.9 Å². The Kier molecular flexibility index (Phi) is 5.26. The molecule has 0 atom stereocenters. The molecule has 0 bridgehead atoms. The summed E-state index contributed by atoms with van der Waals surface area (Å²) in [6.07, 6.45) is 1.62. The third kappa shape index (κ3) is 3.71. The second-order valence-corrected chi connectivity index (χ2v) is 8.40. The number of anilines is 1. The number of morpholine rings is 1. The van der Waals surface area contributed by atoms with Crippen molar-refractivity contribution in [3.05, 3.63) is 21.1 Å².